The van der Waals surface area contributed by atoms with Crippen LogP contribution in [0.15, 0.2) is 72.3 Å². The molecule has 0 unspecified atom stereocenters. The van der Waals surface area contributed by atoms with Gasteiger partial charge in [-0.05, 0) is 80.5 Å². The van der Waals surface area contributed by atoms with Gasteiger partial charge in [0, 0.05) is 29.5 Å². The van der Waals surface area contributed by atoms with Crippen molar-refractivity contribution >= 4 is 58.5 Å². The number of nitrogens with zero attached hydrogens (tertiary/aromatic N) is 2. The molecule has 2 saturated heterocycles. The van der Waals surface area contributed by atoms with Crippen LogP contribution in [0.3, 0.4) is 0 Å². The van der Waals surface area contributed by atoms with Gasteiger partial charge >= 0.3 is 5.97 Å². The van der Waals surface area contributed by atoms with Crippen LogP contribution < -0.4 is 14.9 Å². The second kappa shape index (κ2) is 15.2. The van der Waals surface area contributed by atoms with Crippen LogP contribution in [0.1, 0.15) is 62.5 Å². The number of aliphatic carboxylic acids is 1. The van der Waals surface area contributed by atoms with E-state index in [2.05, 4.69) is 5.43 Å². The van der Waals surface area contributed by atoms with Crippen molar-refractivity contribution in [1.29, 1.82) is 0 Å². The summed E-state index contributed by atoms with van der Waals surface area (Å²) in [7, 11) is 1.52. The highest BCUT2D eigenvalue weighted by Crippen LogP contribution is 2.65. The van der Waals surface area contributed by atoms with Gasteiger partial charge in [-0.3, -0.25) is 34.3 Å². The quantitative estimate of drug-likeness (QED) is 0.0961. The predicted molar refractivity (Wildman–Crippen MR) is 203 cm³/mol. The number of carboxylic acid groups (broad SMARTS) is 1. The van der Waals surface area contributed by atoms with E-state index < -0.39 is 52.8 Å². The van der Waals surface area contributed by atoms with Crippen molar-refractivity contribution < 1.29 is 43.7 Å². The molecule has 2 aliphatic carbocycles. The van der Waals surface area contributed by atoms with E-state index in [4.69, 9.17) is 37.8 Å². The number of unbranched alkanes of at least 4 members (excludes halogenated alkanes) is 2. The van der Waals surface area contributed by atoms with Gasteiger partial charge in [0.2, 0.25) is 11.8 Å². The highest BCUT2D eigenvalue weighted by atomic mass is 35.5. The average Bonchev–Trinajstić information content (AvgIpc) is 3.53. The van der Waals surface area contributed by atoms with E-state index >= 15 is 4.79 Å². The zero-order valence-electron chi connectivity index (χ0n) is 30.3. The number of aromatic hydroxyl groups is 1. The van der Waals surface area contributed by atoms with E-state index in [1.165, 1.54) is 18.1 Å². The molecule has 2 heterocycles. The van der Waals surface area contributed by atoms with Crippen LogP contribution in [-0.4, -0.2) is 70.0 Å². The number of amides is 4. The first-order valence-electron chi connectivity index (χ1n) is 18.4. The Kier molecular flexibility index (Phi) is 10.6. The Morgan fingerprint density at radius 1 is 0.964 bits per heavy atom. The predicted octanol–water partition coefficient (Wildman–Crippen LogP) is 6.74. The third-order valence-electron chi connectivity index (χ3n) is 11.6. The van der Waals surface area contributed by atoms with Crippen LogP contribution in [-0.2, 0) is 29.4 Å². The largest absolute Gasteiger partial charge is 0.504 e. The van der Waals surface area contributed by atoms with Crippen LogP contribution in [0, 0.1) is 23.7 Å². The molecule has 3 aromatic carbocycles. The molecule has 2 aliphatic heterocycles. The average molecular weight is 791 g/mol. The number of nitrogens with one attached hydrogen (secondary N) is 1. The fourth-order valence-electron chi connectivity index (χ4n) is 9.24. The number of hydrazine groups is 1. The number of imide groups is 2. The van der Waals surface area contributed by atoms with E-state index in [1.807, 2.05) is 6.08 Å². The standard InChI is InChI=1S/C41H41Cl2N3O9/c1-3-55-32-9-7-8-27(36(32)49)35-25-16-17-26-34(39(52)45(37(26)50)19-6-4-5-10-33(47)48)28(25)21-29-38(51)46(44-31-18-13-23(42)20-30(31)43)40(53)41(29,35)22-11-14-24(54-2)15-12-22/h7-9,11-16,18,20,26,28-29,34-35,44,49H,3-6,10,17,19,21H2,1-2H3,(H,47,48)/t26-,28+,29-,34-,35+,41+/m0/s1. The van der Waals surface area contributed by atoms with Crippen molar-refractivity contribution in [1.82, 2.24) is 9.91 Å². The number of methoxy groups -OCH3 is 1. The smallest absolute Gasteiger partial charge is 0.303 e. The maximum Gasteiger partial charge on any atom is 0.303 e. The highest BCUT2D eigenvalue weighted by molar-refractivity contribution is 6.36. The minimum Gasteiger partial charge on any atom is -0.504 e. The minimum absolute atomic E-state index is 0.00140. The van der Waals surface area contributed by atoms with Crippen molar-refractivity contribution in [3.8, 4) is 17.2 Å². The van der Waals surface area contributed by atoms with Gasteiger partial charge in [-0.25, -0.2) is 0 Å². The summed E-state index contributed by atoms with van der Waals surface area (Å²) >= 11 is 12.7. The SMILES string of the molecule is CCOc1cccc([C@H]2C3=CC[C@@H]4C(=O)N(CCCCCC(=O)O)C(=O)[C@@H]4[C@@H]3C[C@H]3C(=O)N(Nc4ccc(Cl)cc4Cl)C(=O)[C@@]23c2ccc(OC)cc2)c1O. The van der Waals surface area contributed by atoms with Crippen molar-refractivity contribution in [2.75, 3.05) is 25.7 Å². The molecular formula is C41H41Cl2N3O9. The lowest BCUT2D eigenvalue weighted by atomic mass is 9.49. The Morgan fingerprint density at radius 3 is 2.42 bits per heavy atom. The number of anilines is 1. The number of phenolic OH excluding ortho intramolecular Hbond substituents is 1. The zero-order chi connectivity index (χ0) is 39.2. The molecule has 3 aromatic rings. The van der Waals surface area contributed by atoms with Gasteiger partial charge in [0.05, 0.1) is 47.6 Å². The molecule has 7 rings (SSSR count). The lowest BCUT2D eigenvalue weighted by molar-refractivity contribution is -0.141. The van der Waals surface area contributed by atoms with Gasteiger partial charge in [0.15, 0.2) is 11.5 Å². The maximum atomic E-state index is 15.4. The van der Waals surface area contributed by atoms with Crippen molar-refractivity contribution in [3.63, 3.8) is 0 Å². The molecule has 0 radical (unpaired) electrons. The third kappa shape index (κ3) is 6.38. The Hall–Kier alpha value is -5.07. The number of benzene rings is 3. The van der Waals surface area contributed by atoms with Gasteiger partial charge in [-0.1, -0.05) is 65.5 Å². The number of halogens is 2. The Morgan fingerprint density at radius 2 is 1.73 bits per heavy atom. The number of allylic oxidation sites excluding steroid dienone is 2. The molecule has 3 fully saturated rings. The van der Waals surface area contributed by atoms with Crippen LogP contribution in [0.2, 0.25) is 10.0 Å². The number of carbonyl (C=O) groups is 5. The molecule has 55 heavy (non-hydrogen) atoms. The first kappa shape index (κ1) is 38.2. The number of rotatable bonds is 13. The van der Waals surface area contributed by atoms with E-state index in [0.29, 0.717) is 46.7 Å². The molecule has 3 N–H and O–H groups in total. The monoisotopic (exact) mass is 789 g/mol. The summed E-state index contributed by atoms with van der Waals surface area (Å²) < 4.78 is 11.3. The molecule has 14 heteroatoms. The molecule has 4 amide bonds. The van der Waals surface area contributed by atoms with Crippen LogP contribution in [0.4, 0.5) is 5.69 Å². The van der Waals surface area contributed by atoms with E-state index in [0.717, 1.165) is 5.01 Å². The topological polar surface area (TPSA) is 163 Å². The number of hydrogen-bond donors (Lipinski definition) is 3. The fraction of sp³-hybridized carbons (Fsp3) is 0.390. The third-order valence-corrected chi connectivity index (χ3v) is 12.1. The molecule has 12 nitrogen and oxygen atoms in total. The van der Waals surface area contributed by atoms with E-state index in [9.17, 15) is 24.3 Å². The number of likely N-dealkylation sites (tertiary alicyclic amines) is 1. The lowest BCUT2D eigenvalue weighted by Gasteiger charge is -2.50. The Balaban J connectivity index is 1.38. The molecule has 4 aliphatic rings. The normalized spacial score (nSPS) is 25.7. The minimum atomic E-state index is -1.65. The molecule has 0 aromatic heterocycles. The zero-order valence-corrected chi connectivity index (χ0v) is 31.8. The van der Waals surface area contributed by atoms with E-state index in [-0.39, 0.29) is 66.4 Å². The molecule has 0 bridgehead atoms. The van der Waals surface area contributed by atoms with Crippen molar-refractivity contribution in [3.05, 3.63) is 93.5 Å². The highest BCUT2D eigenvalue weighted by Gasteiger charge is 2.70. The van der Waals surface area contributed by atoms with Gasteiger partial charge in [-0.2, -0.15) is 5.01 Å². The van der Waals surface area contributed by atoms with Crippen molar-refractivity contribution in [2.24, 2.45) is 23.7 Å². The molecule has 1 saturated carbocycles. The van der Waals surface area contributed by atoms with Gasteiger partial charge in [0.1, 0.15) is 5.75 Å². The maximum absolute atomic E-state index is 15.4. The van der Waals surface area contributed by atoms with E-state index in [1.54, 1.807) is 61.5 Å². The second-order valence-corrected chi connectivity index (χ2v) is 15.2. The summed E-state index contributed by atoms with van der Waals surface area (Å²) in [6.07, 6.45) is 3.61. The number of fused-ring (bicyclic) bond motifs is 4. The summed E-state index contributed by atoms with van der Waals surface area (Å²) in [5.41, 5.74) is 3.08. The number of carboxylic acids is 1. The number of phenols is 1. The molecular weight excluding hydrogens is 749 g/mol. The van der Waals surface area contributed by atoms with Crippen LogP contribution >= 0.6 is 23.2 Å². The van der Waals surface area contributed by atoms with Crippen LogP contribution in [0.25, 0.3) is 0 Å². The number of ether oxygens (including phenoxy) is 2. The molecule has 6 atom stereocenters. The van der Waals surface area contributed by atoms with Crippen LogP contribution in [0.5, 0.6) is 17.2 Å². The summed E-state index contributed by atoms with van der Waals surface area (Å²) in [6, 6.07) is 16.6. The molecule has 0 spiro atoms. The van der Waals surface area contributed by atoms with Crippen molar-refractivity contribution in [2.45, 2.75) is 56.8 Å². The molecule has 288 valence electrons. The number of carbonyl (C=O) groups excluding carboxylic acids is 4. The lowest BCUT2D eigenvalue weighted by Crippen LogP contribution is -2.53. The summed E-state index contributed by atoms with van der Waals surface area (Å²) in [5.74, 6) is -6.37. The summed E-state index contributed by atoms with van der Waals surface area (Å²) in [6.45, 7) is 2.19. The fourth-order valence-corrected chi connectivity index (χ4v) is 9.69. The number of para-hydroxylation sites is 1. The first-order chi connectivity index (χ1) is 26.4. The van der Waals surface area contributed by atoms with Gasteiger partial charge in [-0.15, -0.1) is 0 Å². The first-order valence-corrected chi connectivity index (χ1v) is 19.2. The number of hydrogen-bond acceptors (Lipinski definition) is 9. The summed E-state index contributed by atoms with van der Waals surface area (Å²) in [4.78, 5) is 70.9. The van der Waals surface area contributed by atoms with Gasteiger partial charge < -0.3 is 19.7 Å². The van der Waals surface area contributed by atoms with Gasteiger partial charge in [0.25, 0.3) is 11.8 Å². The Bertz CT molecular complexity index is 2090. The second-order valence-electron chi connectivity index (χ2n) is 14.4. The summed E-state index contributed by atoms with van der Waals surface area (Å²) in [5, 5.41) is 22.5. The Labute approximate surface area is 327 Å².